The van der Waals surface area contributed by atoms with Crippen molar-refractivity contribution in [3.8, 4) is 0 Å². The zero-order valence-electron chi connectivity index (χ0n) is 9.53. The Hall–Kier alpha value is -1.36. The lowest BCUT2D eigenvalue weighted by Gasteiger charge is -2.18. The summed E-state index contributed by atoms with van der Waals surface area (Å²) in [7, 11) is 0. The van der Waals surface area contributed by atoms with E-state index in [0.29, 0.717) is 6.54 Å². The second-order valence-corrected chi connectivity index (χ2v) is 4.94. The average Bonchev–Trinajstić information content (AvgIpc) is 2.60. The first kappa shape index (κ1) is 12.7. The lowest BCUT2D eigenvalue weighted by molar-refractivity contribution is -0.153. The number of carbonyl (C=O) groups excluding carboxylic acids is 1. The molecule has 88 valence electrons. The molecule has 0 spiro atoms. The van der Waals surface area contributed by atoms with E-state index in [-0.39, 0.29) is 0 Å². The molecular formula is C11H15NO3S. The first-order valence-corrected chi connectivity index (χ1v) is 5.83. The number of nitrogens with one attached hydrogen (secondary N) is 1. The number of hydrogen-bond donors (Lipinski definition) is 2. The van der Waals surface area contributed by atoms with Crippen LogP contribution in [0.2, 0.25) is 0 Å². The van der Waals surface area contributed by atoms with Crippen LogP contribution in [0.15, 0.2) is 10.8 Å². The predicted octanol–water partition coefficient (Wildman–Crippen LogP) is 1.78. The smallest absolute Gasteiger partial charge is 0.318 e. The Morgan fingerprint density at radius 1 is 1.44 bits per heavy atom. The van der Waals surface area contributed by atoms with E-state index in [4.69, 9.17) is 5.11 Å². The van der Waals surface area contributed by atoms with E-state index >= 15 is 0 Å². The van der Waals surface area contributed by atoms with Gasteiger partial charge in [0.1, 0.15) is 5.41 Å². The van der Waals surface area contributed by atoms with Crippen LogP contribution in [-0.4, -0.2) is 17.0 Å². The van der Waals surface area contributed by atoms with Gasteiger partial charge in [-0.2, -0.15) is 11.3 Å². The summed E-state index contributed by atoms with van der Waals surface area (Å²) in [5, 5.41) is 15.4. The van der Waals surface area contributed by atoms with Gasteiger partial charge < -0.3 is 10.4 Å². The van der Waals surface area contributed by atoms with Crippen LogP contribution in [0.4, 0.5) is 0 Å². The molecule has 0 aliphatic carbocycles. The van der Waals surface area contributed by atoms with Crippen molar-refractivity contribution in [1.82, 2.24) is 5.32 Å². The minimum absolute atomic E-state index is 0.380. The highest BCUT2D eigenvalue weighted by Gasteiger charge is 2.35. The molecule has 1 rings (SSSR count). The molecule has 0 radical (unpaired) electrons. The van der Waals surface area contributed by atoms with Crippen LogP contribution in [0.1, 0.15) is 25.0 Å². The highest BCUT2D eigenvalue weighted by molar-refractivity contribution is 7.08. The largest absolute Gasteiger partial charge is 0.480 e. The van der Waals surface area contributed by atoms with Gasteiger partial charge in [-0.3, -0.25) is 9.59 Å². The van der Waals surface area contributed by atoms with E-state index in [2.05, 4.69) is 5.32 Å². The monoisotopic (exact) mass is 241 g/mol. The average molecular weight is 241 g/mol. The molecule has 1 amide bonds. The first-order chi connectivity index (χ1) is 7.35. The highest BCUT2D eigenvalue weighted by atomic mass is 32.1. The summed E-state index contributed by atoms with van der Waals surface area (Å²) in [5.41, 5.74) is 0.752. The highest BCUT2D eigenvalue weighted by Crippen LogP contribution is 2.17. The maximum absolute atomic E-state index is 11.6. The van der Waals surface area contributed by atoms with Gasteiger partial charge in [0.2, 0.25) is 5.91 Å². The number of thiophene rings is 1. The molecule has 0 bridgehead atoms. The van der Waals surface area contributed by atoms with Crippen molar-refractivity contribution in [1.29, 1.82) is 0 Å². The van der Waals surface area contributed by atoms with E-state index in [1.54, 1.807) is 11.3 Å². The number of amides is 1. The van der Waals surface area contributed by atoms with Crippen molar-refractivity contribution >= 4 is 23.2 Å². The summed E-state index contributed by atoms with van der Waals surface area (Å²) in [6.07, 6.45) is 0. The molecule has 0 atom stereocenters. The third-order valence-electron chi connectivity index (χ3n) is 2.50. The molecule has 0 aromatic carbocycles. The van der Waals surface area contributed by atoms with Crippen LogP contribution in [0.25, 0.3) is 0 Å². The van der Waals surface area contributed by atoms with Crippen molar-refractivity contribution in [2.75, 3.05) is 0 Å². The zero-order valence-corrected chi connectivity index (χ0v) is 10.4. The standard InChI is InChI=1S/C11H15NO3S/c1-7-5-16-6-8(7)4-12-9(13)11(2,3)10(14)15/h5-6H,4H2,1-3H3,(H,12,13)(H,14,15). The third-order valence-corrected chi connectivity index (χ3v) is 3.41. The summed E-state index contributed by atoms with van der Waals surface area (Å²) in [5.74, 6) is -1.59. The van der Waals surface area contributed by atoms with Crippen molar-refractivity contribution < 1.29 is 14.7 Å². The zero-order chi connectivity index (χ0) is 12.3. The SMILES string of the molecule is Cc1cscc1CNC(=O)C(C)(C)C(=O)O. The molecule has 1 aromatic rings. The molecule has 0 saturated heterocycles. The Morgan fingerprint density at radius 3 is 2.50 bits per heavy atom. The lowest BCUT2D eigenvalue weighted by atomic mass is 9.92. The van der Waals surface area contributed by atoms with Gasteiger partial charge in [-0.25, -0.2) is 0 Å². The minimum atomic E-state index is -1.38. The number of aryl methyl sites for hydroxylation is 1. The number of rotatable bonds is 4. The quantitative estimate of drug-likeness (QED) is 0.790. The van der Waals surface area contributed by atoms with Gasteiger partial charge in [-0.15, -0.1) is 0 Å². The normalized spacial score (nSPS) is 11.2. The minimum Gasteiger partial charge on any atom is -0.480 e. The van der Waals surface area contributed by atoms with Crippen molar-refractivity contribution in [2.45, 2.75) is 27.3 Å². The number of aliphatic carboxylic acids is 1. The molecule has 0 aliphatic rings. The van der Waals surface area contributed by atoms with E-state index in [9.17, 15) is 9.59 Å². The molecule has 16 heavy (non-hydrogen) atoms. The Kier molecular flexibility index (Phi) is 3.70. The summed E-state index contributed by atoms with van der Waals surface area (Å²) in [4.78, 5) is 22.5. The second kappa shape index (κ2) is 4.65. The fraction of sp³-hybridized carbons (Fsp3) is 0.455. The molecule has 2 N–H and O–H groups in total. The van der Waals surface area contributed by atoms with Gasteiger partial charge in [0, 0.05) is 6.54 Å². The van der Waals surface area contributed by atoms with Gasteiger partial charge >= 0.3 is 5.97 Å². The first-order valence-electron chi connectivity index (χ1n) is 4.89. The maximum atomic E-state index is 11.6. The molecule has 0 aliphatic heterocycles. The fourth-order valence-corrected chi connectivity index (χ4v) is 1.92. The second-order valence-electron chi connectivity index (χ2n) is 4.19. The maximum Gasteiger partial charge on any atom is 0.318 e. The molecule has 5 heteroatoms. The molecule has 0 unspecified atom stereocenters. The van der Waals surface area contributed by atoms with Gasteiger partial charge in [0.25, 0.3) is 0 Å². The van der Waals surface area contributed by atoms with E-state index in [0.717, 1.165) is 11.1 Å². The number of hydrogen-bond acceptors (Lipinski definition) is 3. The van der Waals surface area contributed by atoms with Crippen LogP contribution in [0.3, 0.4) is 0 Å². The molecule has 0 saturated carbocycles. The summed E-state index contributed by atoms with van der Waals surface area (Å²) in [6, 6.07) is 0. The van der Waals surface area contributed by atoms with Crippen LogP contribution in [0.5, 0.6) is 0 Å². The summed E-state index contributed by atoms with van der Waals surface area (Å²) in [6.45, 7) is 5.13. The Balaban J connectivity index is 2.60. The van der Waals surface area contributed by atoms with Gasteiger partial charge in [0.05, 0.1) is 0 Å². The number of carboxylic acids is 1. The van der Waals surface area contributed by atoms with Crippen molar-refractivity contribution in [2.24, 2.45) is 5.41 Å². The van der Waals surface area contributed by atoms with Gasteiger partial charge in [-0.05, 0) is 42.7 Å². The van der Waals surface area contributed by atoms with Crippen LogP contribution in [-0.2, 0) is 16.1 Å². The number of carbonyl (C=O) groups is 2. The molecule has 1 aromatic heterocycles. The Bertz CT molecular complexity index is 409. The Morgan fingerprint density at radius 2 is 2.06 bits per heavy atom. The third kappa shape index (κ3) is 2.61. The van der Waals surface area contributed by atoms with Crippen molar-refractivity contribution in [3.63, 3.8) is 0 Å². The van der Waals surface area contributed by atoms with Gasteiger partial charge in [0.15, 0.2) is 0 Å². The van der Waals surface area contributed by atoms with E-state index < -0.39 is 17.3 Å². The summed E-state index contributed by atoms with van der Waals surface area (Å²) >= 11 is 1.56. The van der Waals surface area contributed by atoms with E-state index in [1.165, 1.54) is 13.8 Å². The Labute approximate surface area is 98.3 Å². The van der Waals surface area contributed by atoms with Crippen LogP contribution < -0.4 is 5.32 Å². The van der Waals surface area contributed by atoms with Crippen molar-refractivity contribution in [3.05, 3.63) is 21.9 Å². The molecule has 0 fully saturated rings. The number of carboxylic acid groups (broad SMARTS) is 1. The summed E-state index contributed by atoms with van der Waals surface area (Å²) < 4.78 is 0. The van der Waals surface area contributed by atoms with Gasteiger partial charge in [-0.1, -0.05) is 0 Å². The molecular weight excluding hydrogens is 226 g/mol. The fourth-order valence-electron chi connectivity index (χ4n) is 1.06. The predicted molar refractivity (Wildman–Crippen MR) is 62.3 cm³/mol. The van der Waals surface area contributed by atoms with E-state index in [1.807, 2.05) is 17.7 Å². The lowest BCUT2D eigenvalue weighted by Crippen LogP contribution is -2.42. The molecule has 4 nitrogen and oxygen atoms in total. The molecule has 1 heterocycles. The van der Waals surface area contributed by atoms with Crippen LogP contribution >= 0.6 is 11.3 Å². The van der Waals surface area contributed by atoms with Crippen LogP contribution in [0, 0.1) is 12.3 Å². The topological polar surface area (TPSA) is 66.4 Å².